The summed E-state index contributed by atoms with van der Waals surface area (Å²) < 4.78 is 16.5. The number of ketones is 1. The monoisotopic (exact) mass is 338 g/mol. The van der Waals surface area contributed by atoms with Crippen molar-refractivity contribution < 1.29 is 19.0 Å². The van der Waals surface area contributed by atoms with Crippen LogP contribution in [0.15, 0.2) is 41.0 Å². The number of carbonyl (C=O) groups is 1. The summed E-state index contributed by atoms with van der Waals surface area (Å²) in [4.78, 5) is 12.9. The van der Waals surface area contributed by atoms with E-state index < -0.39 is 5.92 Å². The molecule has 2 N–H and O–H groups in total. The molecule has 0 aromatic heterocycles. The van der Waals surface area contributed by atoms with Crippen LogP contribution in [0.1, 0.15) is 38.2 Å². The minimum absolute atomic E-state index is 0.00540. The van der Waals surface area contributed by atoms with E-state index in [1.54, 1.807) is 12.1 Å². The fraction of sp³-hybridized carbons (Fsp3) is 0.368. The van der Waals surface area contributed by atoms with Crippen LogP contribution in [-0.2, 0) is 9.53 Å². The molecular weight excluding hydrogens is 320 g/mol. The topological polar surface area (TPSA) is 94.6 Å². The highest BCUT2D eigenvalue weighted by molar-refractivity contribution is 6.00. The van der Waals surface area contributed by atoms with Crippen LogP contribution in [0.2, 0.25) is 0 Å². The molecule has 3 aliphatic rings. The lowest BCUT2D eigenvalue weighted by molar-refractivity contribution is -0.119. The van der Waals surface area contributed by atoms with Crippen LogP contribution in [0, 0.1) is 16.7 Å². The van der Waals surface area contributed by atoms with Gasteiger partial charge in [0, 0.05) is 18.4 Å². The average molecular weight is 338 g/mol. The van der Waals surface area contributed by atoms with Gasteiger partial charge in [0.25, 0.3) is 0 Å². The quantitative estimate of drug-likeness (QED) is 0.846. The third-order valence-electron chi connectivity index (χ3n) is 4.81. The first-order valence-electron chi connectivity index (χ1n) is 8.13. The largest absolute Gasteiger partial charge is 0.454 e. The van der Waals surface area contributed by atoms with Crippen molar-refractivity contribution in [3.05, 3.63) is 46.6 Å². The summed E-state index contributed by atoms with van der Waals surface area (Å²) in [6, 6.07) is 7.55. The summed E-state index contributed by atoms with van der Waals surface area (Å²) in [6.07, 6.45) is 1.02. The Balaban J connectivity index is 1.87. The number of rotatable bonds is 1. The lowest BCUT2D eigenvalue weighted by atomic mass is 9.70. The molecule has 0 saturated heterocycles. The predicted molar refractivity (Wildman–Crippen MR) is 88.3 cm³/mol. The molecule has 0 radical (unpaired) electrons. The SMILES string of the molecule is CC1(C)CC(=O)C2=C(C1)OC(N)=C(C#N)[C@@H]2c1ccc2c(c1)OCO2. The highest BCUT2D eigenvalue weighted by Crippen LogP contribution is 2.49. The van der Waals surface area contributed by atoms with Gasteiger partial charge in [-0.1, -0.05) is 19.9 Å². The summed E-state index contributed by atoms with van der Waals surface area (Å²) in [5.41, 5.74) is 7.37. The highest BCUT2D eigenvalue weighted by Gasteiger charge is 2.43. The minimum Gasteiger partial charge on any atom is -0.454 e. The van der Waals surface area contributed by atoms with Crippen LogP contribution in [-0.4, -0.2) is 12.6 Å². The van der Waals surface area contributed by atoms with Crippen molar-refractivity contribution in [3.63, 3.8) is 0 Å². The molecular formula is C19H18N2O4. The highest BCUT2D eigenvalue weighted by atomic mass is 16.7. The molecule has 0 bridgehead atoms. The zero-order valence-corrected chi connectivity index (χ0v) is 14.1. The smallest absolute Gasteiger partial charge is 0.231 e. The third-order valence-corrected chi connectivity index (χ3v) is 4.81. The van der Waals surface area contributed by atoms with E-state index in [0.29, 0.717) is 35.7 Å². The van der Waals surface area contributed by atoms with Gasteiger partial charge in [-0.15, -0.1) is 0 Å². The first-order chi connectivity index (χ1) is 11.9. The Bertz CT molecular complexity index is 889. The van der Waals surface area contributed by atoms with Gasteiger partial charge < -0.3 is 19.9 Å². The Morgan fingerprint density at radius 3 is 2.76 bits per heavy atom. The first-order valence-corrected chi connectivity index (χ1v) is 8.13. The summed E-state index contributed by atoms with van der Waals surface area (Å²) >= 11 is 0. The number of Topliss-reactive ketones (excluding diaryl/α,β-unsaturated/α-hetero) is 1. The maximum atomic E-state index is 12.9. The molecule has 0 unspecified atom stereocenters. The van der Waals surface area contributed by atoms with Crippen molar-refractivity contribution >= 4 is 5.78 Å². The number of nitrogens with two attached hydrogens (primary N) is 1. The van der Waals surface area contributed by atoms with Crippen molar-refractivity contribution in [1.29, 1.82) is 5.26 Å². The second-order valence-electron chi connectivity index (χ2n) is 7.32. The molecule has 1 aromatic rings. The van der Waals surface area contributed by atoms with Crippen LogP contribution >= 0.6 is 0 Å². The Labute approximate surface area is 145 Å². The molecule has 0 amide bonds. The van der Waals surface area contributed by atoms with Crippen molar-refractivity contribution in [2.45, 2.75) is 32.6 Å². The number of allylic oxidation sites excluding steroid dienone is 3. The van der Waals surface area contributed by atoms with Crippen LogP contribution < -0.4 is 15.2 Å². The molecule has 1 aliphatic carbocycles. The van der Waals surface area contributed by atoms with E-state index >= 15 is 0 Å². The second kappa shape index (κ2) is 5.28. The van der Waals surface area contributed by atoms with Crippen LogP contribution in [0.4, 0.5) is 0 Å². The van der Waals surface area contributed by atoms with Crippen molar-refractivity contribution in [3.8, 4) is 17.6 Å². The molecule has 128 valence electrons. The van der Waals surface area contributed by atoms with Gasteiger partial charge in [-0.05, 0) is 23.1 Å². The van der Waals surface area contributed by atoms with Crippen LogP contribution in [0.3, 0.4) is 0 Å². The third kappa shape index (κ3) is 2.43. The molecule has 6 heteroatoms. The molecule has 0 spiro atoms. The number of nitrogens with zero attached hydrogens (tertiary/aromatic N) is 1. The fourth-order valence-electron chi connectivity index (χ4n) is 3.71. The number of hydrogen-bond donors (Lipinski definition) is 1. The van der Waals surface area contributed by atoms with Crippen LogP contribution in [0.25, 0.3) is 0 Å². The molecule has 0 fully saturated rings. The average Bonchev–Trinajstić information content (AvgIpc) is 2.99. The van der Waals surface area contributed by atoms with Gasteiger partial charge >= 0.3 is 0 Å². The first kappa shape index (κ1) is 15.6. The van der Waals surface area contributed by atoms with E-state index in [9.17, 15) is 10.1 Å². The molecule has 4 rings (SSSR count). The summed E-state index contributed by atoms with van der Waals surface area (Å²) in [5, 5.41) is 9.61. The maximum Gasteiger partial charge on any atom is 0.231 e. The minimum atomic E-state index is -0.535. The summed E-state index contributed by atoms with van der Waals surface area (Å²) in [5.74, 6) is 1.35. The number of fused-ring (bicyclic) bond motifs is 1. The van der Waals surface area contributed by atoms with Crippen molar-refractivity contribution in [1.82, 2.24) is 0 Å². The van der Waals surface area contributed by atoms with Crippen molar-refractivity contribution in [2.24, 2.45) is 11.1 Å². The van der Waals surface area contributed by atoms with E-state index in [0.717, 1.165) is 5.56 Å². The van der Waals surface area contributed by atoms with E-state index in [4.69, 9.17) is 19.9 Å². The molecule has 1 atom stereocenters. The fourth-order valence-corrected chi connectivity index (χ4v) is 3.71. The number of hydrogen-bond acceptors (Lipinski definition) is 6. The normalized spacial score (nSPS) is 23.9. The number of ether oxygens (including phenoxy) is 3. The van der Waals surface area contributed by atoms with Gasteiger partial charge in [-0.25, -0.2) is 0 Å². The Morgan fingerprint density at radius 2 is 2.00 bits per heavy atom. The molecule has 2 aliphatic heterocycles. The van der Waals surface area contributed by atoms with Gasteiger partial charge in [-0.2, -0.15) is 5.26 Å². The van der Waals surface area contributed by atoms with E-state index in [1.807, 2.05) is 19.9 Å². The predicted octanol–water partition coefficient (Wildman–Crippen LogP) is 2.87. The Kier molecular flexibility index (Phi) is 3.29. The molecule has 1 aromatic carbocycles. The lowest BCUT2D eigenvalue weighted by Crippen LogP contribution is -2.33. The lowest BCUT2D eigenvalue weighted by Gasteiger charge is -2.37. The van der Waals surface area contributed by atoms with E-state index in [2.05, 4.69) is 6.07 Å². The van der Waals surface area contributed by atoms with Gasteiger partial charge in [0.2, 0.25) is 12.7 Å². The van der Waals surface area contributed by atoms with Gasteiger partial charge in [0.15, 0.2) is 17.3 Å². The molecule has 2 heterocycles. The Hall–Kier alpha value is -2.94. The zero-order chi connectivity index (χ0) is 17.8. The van der Waals surface area contributed by atoms with Crippen LogP contribution in [0.5, 0.6) is 11.5 Å². The second-order valence-corrected chi connectivity index (χ2v) is 7.32. The molecule has 25 heavy (non-hydrogen) atoms. The van der Waals surface area contributed by atoms with Gasteiger partial charge in [0.05, 0.1) is 5.92 Å². The van der Waals surface area contributed by atoms with Gasteiger partial charge in [0.1, 0.15) is 17.4 Å². The number of nitriles is 1. The number of carbonyl (C=O) groups excluding carboxylic acids is 1. The standard InChI is InChI=1S/C19H18N2O4/c1-19(2)6-12(22)17-15(7-19)25-18(21)11(8-20)16(17)10-3-4-13-14(5-10)24-9-23-13/h3-5,16H,6-7,9,21H2,1-2H3/t16-/m0/s1. The van der Waals surface area contributed by atoms with E-state index in [1.165, 1.54) is 0 Å². The zero-order valence-electron chi connectivity index (χ0n) is 14.1. The number of benzene rings is 1. The van der Waals surface area contributed by atoms with Gasteiger partial charge in [-0.3, -0.25) is 4.79 Å². The Morgan fingerprint density at radius 1 is 1.24 bits per heavy atom. The molecule has 6 nitrogen and oxygen atoms in total. The summed E-state index contributed by atoms with van der Waals surface area (Å²) in [7, 11) is 0. The summed E-state index contributed by atoms with van der Waals surface area (Å²) in [6.45, 7) is 4.21. The maximum absolute atomic E-state index is 12.9. The van der Waals surface area contributed by atoms with Crippen molar-refractivity contribution in [2.75, 3.05) is 6.79 Å². The van der Waals surface area contributed by atoms with E-state index in [-0.39, 0.29) is 29.4 Å². The molecule has 0 saturated carbocycles.